The van der Waals surface area contributed by atoms with Gasteiger partial charge in [0.25, 0.3) is 0 Å². The summed E-state index contributed by atoms with van der Waals surface area (Å²) in [6.07, 6.45) is 0. The highest BCUT2D eigenvalue weighted by Gasteiger charge is 1.98. The van der Waals surface area contributed by atoms with E-state index in [1.54, 1.807) is 7.11 Å². The normalized spacial score (nSPS) is 10.9. The summed E-state index contributed by atoms with van der Waals surface area (Å²) in [6.45, 7) is 5.29. The Hall–Kier alpha value is -0.470. The van der Waals surface area contributed by atoms with Crippen molar-refractivity contribution in [3.63, 3.8) is 0 Å². The minimum Gasteiger partial charge on any atom is -0.384 e. The zero-order valence-corrected chi connectivity index (χ0v) is 10.6. The number of hydrogen-bond acceptors (Lipinski definition) is 2. The topological polar surface area (TPSA) is 9.23 Å². The second-order valence-corrected chi connectivity index (χ2v) is 5.05. The van der Waals surface area contributed by atoms with E-state index in [0.717, 1.165) is 18.1 Å². The molecular weight excluding hydrogens is 204 g/mol. The molecule has 0 spiro atoms. The van der Waals surface area contributed by atoms with Crippen LogP contribution < -0.4 is 0 Å². The highest BCUT2D eigenvalue weighted by atomic mass is 32.2. The maximum Gasteiger partial charge on any atom is 0.0553 e. The Balaban J connectivity index is 2.36. The van der Waals surface area contributed by atoms with Crippen LogP contribution in [0.5, 0.6) is 0 Å². The fourth-order valence-corrected chi connectivity index (χ4v) is 2.19. The van der Waals surface area contributed by atoms with Crippen molar-refractivity contribution >= 4 is 11.8 Å². The molecule has 1 nitrogen and oxygen atoms in total. The average Bonchev–Trinajstić information content (AvgIpc) is 2.25. The molecule has 15 heavy (non-hydrogen) atoms. The van der Waals surface area contributed by atoms with Gasteiger partial charge in [-0.15, -0.1) is 0 Å². The maximum absolute atomic E-state index is 5.01. The molecule has 0 aliphatic heterocycles. The van der Waals surface area contributed by atoms with Crippen molar-refractivity contribution in [2.75, 3.05) is 19.5 Å². The van der Waals surface area contributed by atoms with Gasteiger partial charge in [-0.05, 0) is 17.0 Å². The van der Waals surface area contributed by atoms with Crippen LogP contribution in [-0.4, -0.2) is 19.5 Å². The van der Waals surface area contributed by atoms with Crippen LogP contribution in [0, 0.1) is 0 Å². The molecule has 0 aromatic heterocycles. The van der Waals surface area contributed by atoms with E-state index < -0.39 is 0 Å². The number of thioether (sulfide) groups is 1. The first-order chi connectivity index (χ1) is 7.24. The van der Waals surface area contributed by atoms with Crippen molar-refractivity contribution in [3.05, 3.63) is 35.4 Å². The van der Waals surface area contributed by atoms with Crippen LogP contribution in [0.25, 0.3) is 0 Å². The molecular formula is C13H20OS. The Morgan fingerprint density at radius 2 is 1.87 bits per heavy atom. The van der Waals surface area contributed by atoms with Gasteiger partial charge >= 0.3 is 0 Å². The van der Waals surface area contributed by atoms with Crippen LogP contribution in [0.2, 0.25) is 0 Å². The Kier molecular flexibility index (Phi) is 5.81. The fourth-order valence-electron chi connectivity index (χ4n) is 1.33. The molecule has 0 atom stereocenters. The third-order valence-electron chi connectivity index (χ3n) is 2.35. The lowest BCUT2D eigenvalue weighted by atomic mass is 10.0. The lowest BCUT2D eigenvalue weighted by Gasteiger charge is -2.06. The Morgan fingerprint density at radius 1 is 1.20 bits per heavy atom. The van der Waals surface area contributed by atoms with E-state index in [9.17, 15) is 0 Å². The van der Waals surface area contributed by atoms with Crippen molar-refractivity contribution in [1.82, 2.24) is 0 Å². The molecule has 0 aliphatic rings. The predicted molar refractivity (Wildman–Crippen MR) is 68.6 cm³/mol. The van der Waals surface area contributed by atoms with Crippen LogP contribution >= 0.6 is 11.8 Å². The second kappa shape index (κ2) is 6.91. The van der Waals surface area contributed by atoms with Crippen molar-refractivity contribution in [2.24, 2.45) is 0 Å². The van der Waals surface area contributed by atoms with Crippen LogP contribution in [0.3, 0.4) is 0 Å². The van der Waals surface area contributed by atoms with Gasteiger partial charge in [0.15, 0.2) is 0 Å². The molecule has 0 amide bonds. The Bertz CT molecular complexity index is 266. The molecule has 84 valence electrons. The maximum atomic E-state index is 5.01. The second-order valence-electron chi connectivity index (χ2n) is 3.94. The summed E-state index contributed by atoms with van der Waals surface area (Å²) in [4.78, 5) is 0. The largest absolute Gasteiger partial charge is 0.384 e. The molecule has 1 aromatic rings. The summed E-state index contributed by atoms with van der Waals surface area (Å²) >= 11 is 1.92. The van der Waals surface area contributed by atoms with Crippen LogP contribution in [-0.2, 0) is 10.5 Å². The number of ether oxygens (including phenoxy) is 1. The zero-order valence-electron chi connectivity index (χ0n) is 9.82. The smallest absolute Gasteiger partial charge is 0.0553 e. The summed E-state index contributed by atoms with van der Waals surface area (Å²) in [5.74, 6) is 2.78. The first kappa shape index (κ1) is 12.6. The SMILES string of the molecule is COCCSCc1ccc(C(C)C)cc1. The van der Waals surface area contributed by atoms with E-state index >= 15 is 0 Å². The molecule has 0 saturated carbocycles. The Labute approximate surface area is 97.2 Å². The first-order valence-electron chi connectivity index (χ1n) is 5.39. The molecule has 0 aliphatic carbocycles. The van der Waals surface area contributed by atoms with Gasteiger partial charge in [-0.25, -0.2) is 0 Å². The van der Waals surface area contributed by atoms with Gasteiger partial charge in [0.1, 0.15) is 0 Å². The van der Waals surface area contributed by atoms with Crippen LogP contribution in [0.4, 0.5) is 0 Å². The van der Waals surface area contributed by atoms with Gasteiger partial charge in [0.2, 0.25) is 0 Å². The van der Waals surface area contributed by atoms with Gasteiger partial charge < -0.3 is 4.74 Å². The molecule has 2 heteroatoms. The third-order valence-corrected chi connectivity index (χ3v) is 3.34. The highest BCUT2D eigenvalue weighted by molar-refractivity contribution is 7.98. The van der Waals surface area contributed by atoms with E-state index in [1.165, 1.54) is 11.1 Å². The molecule has 0 bridgehead atoms. The van der Waals surface area contributed by atoms with E-state index in [2.05, 4.69) is 38.1 Å². The van der Waals surface area contributed by atoms with Crippen LogP contribution in [0.15, 0.2) is 24.3 Å². The summed E-state index contributed by atoms with van der Waals surface area (Å²) in [6, 6.07) is 8.93. The summed E-state index contributed by atoms with van der Waals surface area (Å²) in [5, 5.41) is 0. The average molecular weight is 224 g/mol. The van der Waals surface area contributed by atoms with E-state index in [4.69, 9.17) is 4.74 Å². The summed E-state index contributed by atoms with van der Waals surface area (Å²) in [7, 11) is 1.75. The lowest BCUT2D eigenvalue weighted by molar-refractivity contribution is 0.218. The predicted octanol–water partition coefficient (Wildman–Crippen LogP) is 3.69. The molecule has 0 N–H and O–H groups in total. The van der Waals surface area contributed by atoms with Gasteiger partial charge in [-0.3, -0.25) is 0 Å². The number of hydrogen-bond donors (Lipinski definition) is 0. The Morgan fingerprint density at radius 3 is 2.40 bits per heavy atom. The minimum atomic E-state index is 0.625. The van der Waals surface area contributed by atoms with Gasteiger partial charge in [0, 0.05) is 18.6 Å². The summed E-state index contributed by atoms with van der Waals surface area (Å²) < 4.78 is 5.01. The number of methoxy groups -OCH3 is 1. The highest BCUT2D eigenvalue weighted by Crippen LogP contribution is 2.17. The molecule has 0 unspecified atom stereocenters. The van der Waals surface area contributed by atoms with Crippen LogP contribution in [0.1, 0.15) is 30.9 Å². The van der Waals surface area contributed by atoms with E-state index in [-0.39, 0.29) is 0 Å². The van der Waals surface area contributed by atoms with Gasteiger partial charge in [-0.2, -0.15) is 11.8 Å². The molecule has 1 rings (SSSR count). The lowest BCUT2D eigenvalue weighted by Crippen LogP contribution is -1.93. The number of benzene rings is 1. The van der Waals surface area contributed by atoms with Crippen molar-refractivity contribution in [3.8, 4) is 0 Å². The zero-order chi connectivity index (χ0) is 11.1. The van der Waals surface area contributed by atoms with Gasteiger partial charge in [-0.1, -0.05) is 38.1 Å². The molecule has 0 fully saturated rings. The molecule has 1 aromatic carbocycles. The molecule has 0 heterocycles. The fraction of sp³-hybridized carbons (Fsp3) is 0.538. The third kappa shape index (κ3) is 4.72. The van der Waals surface area contributed by atoms with Crippen molar-refractivity contribution < 1.29 is 4.74 Å². The number of rotatable bonds is 6. The standard InChI is InChI=1S/C13H20OS/c1-11(2)13-6-4-12(5-7-13)10-15-9-8-14-3/h4-7,11H,8-10H2,1-3H3. The van der Waals surface area contributed by atoms with E-state index in [0.29, 0.717) is 5.92 Å². The summed E-state index contributed by atoms with van der Waals surface area (Å²) in [5.41, 5.74) is 2.82. The monoisotopic (exact) mass is 224 g/mol. The van der Waals surface area contributed by atoms with Crippen molar-refractivity contribution in [2.45, 2.75) is 25.5 Å². The molecule has 0 saturated heterocycles. The van der Waals surface area contributed by atoms with Gasteiger partial charge in [0.05, 0.1) is 6.61 Å². The quantitative estimate of drug-likeness (QED) is 0.682. The van der Waals surface area contributed by atoms with Crippen molar-refractivity contribution in [1.29, 1.82) is 0 Å². The van der Waals surface area contributed by atoms with E-state index in [1.807, 2.05) is 11.8 Å². The molecule has 0 radical (unpaired) electrons. The first-order valence-corrected chi connectivity index (χ1v) is 6.55. The minimum absolute atomic E-state index is 0.625.